The molecule has 0 radical (unpaired) electrons. The van der Waals surface area contributed by atoms with Gasteiger partial charge in [0, 0.05) is 0 Å². The SMILES string of the molecule is CON(OC)[SiH2]C. The smallest absolute Gasteiger partial charge is 0.163 e. The second-order valence-electron chi connectivity index (χ2n) is 1.01. The van der Waals surface area contributed by atoms with Gasteiger partial charge in [-0.3, -0.25) is 9.68 Å². The fourth-order valence-electron chi connectivity index (χ4n) is 0.333. The molecule has 0 amide bonds. The zero-order valence-corrected chi connectivity index (χ0v) is 6.39. The summed E-state index contributed by atoms with van der Waals surface area (Å²) in [5.41, 5.74) is 0. The van der Waals surface area contributed by atoms with Crippen molar-refractivity contribution in [3.63, 3.8) is 0 Å². The molecule has 0 rings (SSSR count). The lowest BCUT2D eigenvalue weighted by Crippen LogP contribution is -2.22. The van der Waals surface area contributed by atoms with Crippen molar-refractivity contribution in [3.05, 3.63) is 0 Å². The molecule has 0 heterocycles. The van der Waals surface area contributed by atoms with Crippen LogP contribution in [0.5, 0.6) is 0 Å². The van der Waals surface area contributed by atoms with Gasteiger partial charge in [0.15, 0.2) is 9.68 Å². The summed E-state index contributed by atoms with van der Waals surface area (Å²) in [7, 11) is 2.91. The van der Waals surface area contributed by atoms with Crippen LogP contribution >= 0.6 is 0 Å². The first-order valence-electron chi connectivity index (χ1n) is 2.20. The molecule has 0 aliphatic heterocycles. The normalized spacial score (nSPS) is 12.0. The maximum absolute atomic E-state index is 4.72. The van der Waals surface area contributed by atoms with Crippen LogP contribution in [-0.2, 0) is 9.68 Å². The molecule has 0 spiro atoms. The van der Waals surface area contributed by atoms with Gasteiger partial charge in [-0.1, -0.05) is 6.55 Å². The largest absolute Gasteiger partial charge is 0.286 e. The topological polar surface area (TPSA) is 21.7 Å². The monoisotopic (exact) mass is 121 g/mol. The van der Waals surface area contributed by atoms with Gasteiger partial charge in [-0.25, -0.2) is 0 Å². The second kappa shape index (κ2) is 4.26. The molecular weight excluding hydrogens is 110 g/mol. The van der Waals surface area contributed by atoms with E-state index in [0.29, 0.717) is 0 Å². The average Bonchev–Trinajstić information content (AvgIpc) is 1.72. The highest BCUT2D eigenvalue weighted by Crippen LogP contribution is 1.80. The lowest BCUT2D eigenvalue weighted by atomic mass is 11.7. The molecule has 0 unspecified atom stereocenters. The van der Waals surface area contributed by atoms with E-state index in [-0.39, 0.29) is 9.68 Å². The van der Waals surface area contributed by atoms with Gasteiger partial charge < -0.3 is 0 Å². The summed E-state index contributed by atoms with van der Waals surface area (Å²) in [5.74, 6) is 0. The molecule has 0 aliphatic carbocycles. The molecule has 0 saturated carbocycles. The lowest BCUT2D eigenvalue weighted by Gasteiger charge is -2.12. The van der Waals surface area contributed by atoms with E-state index < -0.39 is 0 Å². The van der Waals surface area contributed by atoms with Crippen molar-refractivity contribution >= 4 is 9.68 Å². The third-order valence-electron chi connectivity index (χ3n) is 0.665. The predicted molar refractivity (Wildman–Crippen MR) is 30.3 cm³/mol. The Morgan fingerprint density at radius 3 is 1.71 bits per heavy atom. The highest BCUT2D eigenvalue weighted by molar-refractivity contribution is 6.28. The molecule has 0 bridgehead atoms. The molecule has 0 saturated heterocycles. The van der Waals surface area contributed by atoms with Gasteiger partial charge in [0.25, 0.3) is 0 Å². The van der Waals surface area contributed by atoms with E-state index in [1.807, 2.05) is 0 Å². The summed E-state index contributed by atoms with van der Waals surface area (Å²) in [5, 5.41) is 0. The van der Waals surface area contributed by atoms with Crippen molar-refractivity contribution < 1.29 is 9.68 Å². The molecule has 44 valence electrons. The maximum atomic E-state index is 4.72. The minimum absolute atomic E-state index is 0.283. The van der Waals surface area contributed by atoms with E-state index in [9.17, 15) is 0 Å². The summed E-state index contributed by atoms with van der Waals surface area (Å²) >= 11 is 0. The molecular formula is C3H11NO2Si. The Kier molecular flexibility index (Phi) is 4.32. The summed E-state index contributed by atoms with van der Waals surface area (Å²) in [6.07, 6.45) is 0. The van der Waals surface area contributed by atoms with E-state index in [1.165, 1.54) is 4.89 Å². The quantitative estimate of drug-likeness (QED) is 0.372. The Hall–Kier alpha value is 0.0969. The Bertz CT molecular complexity index is 34.4. The lowest BCUT2D eigenvalue weighted by molar-refractivity contribution is -0.275. The molecule has 0 aromatic carbocycles. The molecule has 0 N–H and O–H groups in total. The van der Waals surface area contributed by atoms with Gasteiger partial charge in [-0.15, -0.1) is 4.89 Å². The van der Waals surface area contributed by atoms with Crippen molar-refractivity contribution in [2.75, 3.05) is 14.2 Å². The Balaban J connectivity index is 2.99. The zero-order valence-electron chi connectivity index (χ0n) is 4.97. The van der Waals surface area contributed by atoms with Gasteiger partial charge >= 0.3 is 0 Å². The van der Waals surface area contributed by atoms with Crippen LogP contribution < -0.4 is 0 Å². The summed E-state index contributed by atoms with van der Waals surface area (Å²) < 4.78 is 0. The minimum atomic E-state index is -0.283. The van der Waals surface area contributed by atoms with E-state index in [1.54, 1.807) is 14.2 Å². The molecule has 0 aromatic rings. The van der Waals surface area contributed by atoms with Crippen molar-refractivity contribution in [1.82, 2.24) is 4.89 Å². The van der Waals surface area contributed by atoms with Crippen LogP contribution in [0.4, 0.5) is 0 Å². The molecule has 3 nitrogen and oxygen atoms in total. The van der Waals surface area contributed by atoms with Gasteiger partial charge in [0.1, 0.15) is 0 Å². The summed E-state index contributed by atoms with van der Waals surface area (Å²) in [6.45, 7) is 2.08. The maximum Gasteiger partial charge on any atom is 0.163 e. The number of nitrogens with zero attached hydrogens (tertiary/aromatic N) is 1. The number of hydrogen-bond acceptors (Lipinski definition) is 3. The van der Waals surface area contributed by atoms with Crippen LogP contribution in [0.25, 0.3) is 0 Å². The van der Waals surface area contributed by atoms with Gasteiger partial charge in [-0.05, 0) is 0 Å². The third-order valence-corrected chi connectivity index (χ3v) is 1.70. The first-order valence-corrected chi connectivity index (χ1v) is 4.25. The Morgan fingerprint density at radius 1 is 1.29 bits per heavy atom. The van der Waals surface area contributed by atoms with Gasteiger partial charge in [-0.2, -0.15) is 0 Å². The molecule has 7 heavy (non-hydrogen) atoms. The van der Waals surface area contributed by atoms with Crippen LogP contribution in [0.3, 0.4) is 0 Å². The minimum Gasteiger partial charge on any atom is -0.286 e. The third kappa shape index (κ3) is 2.75. The van der Waals surface area contributed by atoms with Crippen LogP contribution in [0.1, 0.15) is 0 Å². The predicted octanol–water partition coefficient (Wildman–Crippen LogP) is -0.457. The molecule has 4 heteroatoms. The molecule has 0 aliphatic rings. The second-order valence-corrected chi connectivity index (χ2v) is 2.16. The van der Waals surface area contributed by atoms with Crippen LogP contribution in [0.2, 0.25) is 6.55 Å². The van der Waals surface area contributed by atoms with Gasteiger partial charge in [0.2, 0.25) is 0 Å². The van der Waals surface area contributed by atoms with Gasteiger partial charge in [0.05, 0.1) is 14.2 Å². The van der Waals surface area contributed by atoms with Crippen LogP contribution in [-0.4, -0.2) is 28.8 Å². The molecule has 0 fully saturated rings. The fraction of sp³-hybridized carbons (Fsp3) is 1.00. The fourth-order valence-corrected chi connectivity index (χ4v) is 0.849. The highest BCUT2D eigenvalue weighted by Gasteiger charge is 1.91. The first kappa shape index (κ1) is 7.10. The Labute approximate surface area is 46.0 Å². The van der Waals surface area contributed by atoms with E-state index in [0.717, 1.165) is 0 Å². The molecule has 0 atom stereocenters. The van der Waals surface area contributed by atoms with Crippen molar-refractivity contribution in [1.29, 1.82) is 0 Å². The number of hydrogen-bond donors (Lipinski definition) is 0. The summed E-state index contributed by atoms with van der Waals surface area (Å²) in [6, 6.07) is 0. The highest BCUT2D eigenvalue weighted by atomic mass is 28.2. The average molecular weight is 121 g/mol. The summed E-state index contributed by atoms with van der Waals surface area (Å²) in [4.78, 5) is 11.0. The standard InChI is InChI=1S/C3H11NO2Si/c1-5-4(6-2)7-3/h7H2,1-3H3. The zero-order chi connectivity index (χ0) is 5.70. The van der Waals surface area contributed by atoms with E-state index in [2.05, 4.69) is 6.55 Å². The van der Waals surface area contributed by atoms with Crippen molar-refractivity contribution in [2.45, 2.75) is 6.55 Å². The number of rotatable bonds is 3. The van der Waals surface area contributed by atoms with E-state index in [4.69, 9.17) is 9.68 Å². The van der Waals surface area contributed by atoms with Crippen LogP contribution in [0, 0.1) is 0 Å². The van der Waals surface area contributed by atoms with Crippen molar-refractivity contribution in [2.24, 2.45) is 0 Å². The van der Waals surface area contributed by atoms with Crippen molar-refractivity contribution in [3.8, 4) is 0 Å². The first-order chi connectivity index (χ1) is 3.35. The van der Waals surface area contributed by atoms with Crippen LogP contribution in [0.15, 0.2) is 0 Å². The molecule has 0 aromatic heterocycles. The van der Waals surface area contributed by atoms with E-state index >= 15 is 0 Å². The Morgan fingerprint density at radius 2 is 1.71 bits per heavy atom.